The predicted molar refractivity (Wildman–Crippen MR) is 65.0 cm³/mol. The SMILES string of the molecule is N[C@@H](Cc1ccccc1)C(=O)NCCS. The molecule has 0 saturated heterocycles. The van der Waals surface area contributed by atoms with Crippen molar-refractivity contribution < 1.29 is 4.79 Å². The number of thiol groups is 1. The fourth-order valence-electron chi connectivity index (χ4n) is 1.27. The van der Waals surface area contributed by atoms with Crippen molar-refractivity contribution >= 4 is 18.5 Å². The molecule has 4 heteroatoms. The Labute approximate surface area is 95.5 Å². The van der Waals surface area contributed by atoms with E-state index in [1.807, 2.05) is 30.3 Å². The lowest BCUT2D eigenvalue weighted by atomic mass is 10.1. The molecule has 0 saturated carbocycles. The summed E-state index contributed by atoms with van der Waals surface area (Å²) in [4.78, 5) is 11.4. The molecule has 0 unspecified atom stereocenters. The first-order valence-electron chi connectivity index (χ1n) is 4.92. The van der Waals surface area contributed by atoms with Gasteiger partial charge in [-0.2, -0.15) is 12.6 Å². The molecular formula is C11H16N2OS. The number of carbonyl (C=O) groups is 1. The molecule has 1 aromatic rings. The number of nitrogens with one attached hydrogen (secondary N) is 1. The van der Waals surface area contributed by atoms with Crippen LogP contribution in [0, 0.1) is 0 Å². The van der Waals surface area contributed by atoms with Crippen molar-refractivity contribution in [2.24, 2.45) is 5.73 Å². The molecular weight excluding hydrogens is 208 g/mol. The number of carbonyl (C=O) groups excluding carboxylic acids is 1. The number of hydrogen-bond acceptors (Lipinski definition) is 3. The summed E-state index contributed by atoms with van der Waals surface area (Å²) in [7, 11) is 0. The normalized spacial score (nSPS) is 12.1. The van der Waals surface area contributed by atoms with Gasteiger partial charge in [-0.3, -0.25) is 4.79 Å². The van der Waals surface area contributed by atoms with Crippen molar-refractivity contribution in [2.75, 3.05) is 12.3 Å². The van der Waals surface area contributed by atoms with Crippen molar-refractivity contribution in [3.63, 3.8) is 0 Å². The fraction of sp³-hybridized carbons (Fsp3) is 0.364. The van der Waals surface area contributed by atoms with Crippen LogP contribution in [0.3, 0.4) is 0 Å². The van der Waals surface area contributed by atoms with Gasteiger partial charge in [0.25, 0.3) is 0 Å². The van der Waals surface area contributed by atoms with Gasteiger partial charge >= 0.3 is 0 Å². The maximum atomic E-state index is 11.4. The van der Waals surface area contributed by atoms with Gasteiger partial charge in [0.2, 0.25) is 5.91 Å². The predicted octanol–water partition coefficient (Wildman–Crippen LogP) is 0.602. The Hall–Kier alpha value is -1.00. The van der Waals surface area contributed by atoms with Crippen molar-refractivity contribution in [1.29, 1.82) is 0 Å². The lowest BCUT2D eigenvalue weighted by Gasteiger charge is -2.11. The van der Waals surface area contributed by atoms with E-state index in [9.17, 15) is 4.79 Å². The lowest BCUT2D eigenvalue weighted by Crippen LogP contribution is -2.42. The molecule has 0 radical (unpaired) electrons. The van der Waals surface area contributed by atoms with Crippen molar-refractivity contribution in [2.45, 2.75) is 12.5 Å². The van der Waals surface area contributed by atoms with Gasteiger partial charge in [0.05, 0.1) is 6.04 Å². The third-order valence-corrected chi connectivity index (χ3v) is 2.27. The highest BCUT2D eigenvalue weighted by Crippen LogP contribution is 2.01. The minimum Gasteiger partial charge on any atom is -0.354 e. The van der Waals surface area contributed by atoms with E-state index in [0.717, 1.165) is 5.56 Å². The van der Waals surface area contributed by atoms with Crippen LogP contribution >= 0.6 is 12.6 Å². The van der Waals surface area contributed by atoms with Crippen LogP contribution in [0.15, 0.2) is 30.3 Å². The molecule has 0 aliphatic heterocycles. The summed E-state index contributed by atoms with van der Waals surface area (Å²) in [6.07, 6.45) is 0.569. The molecule has 0 aromatic heterocycles. The maximum Gasteiger partial charge on any atom is 0.237 e. The molecule has 1 aromatic carbocycles. The second-order valence-corrected chi connectivity index (χ2v) is 3.76. The Bertz CT molecular complexity index is 303. The van der Waals surface area contributed by atoms with Gasteiger partial charge in [-0.05, 0) is 12.0 Å². The Morgan fingerprint density at radius 3 is 2.67 bits per heavy atom. The molecule has 0 aliphatic carbocycles. The van der Waals surface area contributed by atoms with Crippen LogP contribution in [0.25, 0.3) is 0 Å². The topological polar surface area (TPSA) is 55.1 Å². The monoisotopic (exact) mass is 224 g/mol. The number of rotatable bonds is 5. The van der Waals surface area contributed by atoms with Gasteiger partial charge in [0.1, 0.15) is 0 Å². The Morgan fingerprint density at radius 2 is 2.07 bits per heavy atom. The quantitative estimate of drug-likeness (QED) is 0.642. The summed E-state index contributed by atoms with van der Waals surface area (Å²) in [6.45, 7) is 0.560. The molecule has 3 nitrogen and oxygen atoms in total. The first-order chi connectivity index (χ1) is 7.24. The van der Waals surface area contributed by atoms with Crippen molar-refractivity contribution in [3.05, 3.63) is 35.9 Å². The Kier molecular flexibility index (Phi) is 5.21. The van der Waals surface area contributed by atoms with E-state index >= 15 is 0 Å². The van der Waals surface area contributed by atoms with Gasteiger partial charge in [-0.25, -0.2) is 0 Å². The zero-order valence-corrected chi connectivity index (χ0v) is 9.41. The van der Waals surface area contributed by atoms with Crippen LogP contribution in [0.2, 0.25) is 0 Å². The molecule has 1 rings (SSSR count). The molecule has 82 valence electrons. The van der Waals surface area contributed by atoms with Crippen LogP contribution in [-0.2, 0) is 11.2 Å². The van der Waals surface area contributed by atoms with Crippen LogP contribution < -0.4 is 11.1 Å². The summed E-state index contributed by atoms with van der Waals surface area (Å²) in [5.74, 6) is 0.511. The van der Waals surface area contributed by atoms with Gasteiger partial charge in [-0.1, -0.05) is 30.3 Å². The molecule has 0 heterocycles. The smallest absolute Gasteiger partial charge is 0.237 e. The molecule has 1 amide bonds. The zero-order valence-electron chi connectivity index (χ0n) is 8.52. The molecule has 0 fully saturated rings. The molecule has 0 aliphatic rings. The minimum atomic E-state index is -0.479. The maximum absolute atomic E-state index is 11.4. The highest BCUT2D eigenvalue weighted by molar-refractivity contribution is 7.80. The van der Waals surface area contributed by atoms with Gasteiger partial charge in [0, 0.05) is 12.3 Å². The molecule has 0 bridgehead atoms. The first kappa shape index (κ1) is 12.1. The average molecular weight is 224 g/mol. The second-order valence-electron chi connectivity index (χ2n) is 3.31. The number of hydrogen-bond donors (Lipinski definition) is 3. The third kappa shape index (κ3) is 4.36. The Balaban J connectivity index is 2.41. The first-order valence-corrected chi connectivity index (χ1v) is 5.55. The van der Waals surface area contributed by atoms with Crippen LogP contribution in [0.4, 0.5) is 0 Å². The average Bonchev–Trinajstić information content (AvgIpc) is 2.27. The van der Waals surface area contributed by atoms with Crippen LogP contribution in [-0.4, -0.2) is 24.2 Å². The second kappa shape index (κ2) is 6.48. The standard InChI is InChI=1S/C11H16N2OS/c12-10(11(14)13-6-7-15)8-9-4-2-1-3-5-9/h1-5,10,15H,6-8,12H2,(H,13,14)/t10-/m0/s1. The van der Waals surface area contributed by atoms with E-state index in [-0.39, 0.29) is 5.91 Å². The molecule has 15 heavy (non-hydrogen) atoms. The summed E-state index contributed by atoms with van der Waals surface area (Å²) in [5, 5.41) is 2.71. The van der Waals surface area contributed by atoms with E-state index in [1.165, 1.54) is 0 Å². The van der Waals surface area contributed by atoms with E-state index < -0.39 is 6.04 Å². The van der Waals surface area contributed by atoms with E-state index in [1.54, 1.807) is 0 Å². The lowest BCUT2D eigenvalue weighted by molar-refractivity contribution is -0.122. The van der Waals surface area contributed by atoms with Gasteiger partial charge in [0.15, 0.2) is 0 Å². The number of benzene rings is 1. The molecule has 1 atom stereocenters. The zero-order chi connectivity index (χ0) is 11.1. The summed E-state index contributed by atoms with van der Waals surface area (Å²) < 4.78 is 0. The van der Waals surface area contributed by atoms with Crippen molar-refractivity contribution in [1.82, 2.24) is 5.32 Å². The summed E-state index contributed by atoms with van der Waals surface area (Å²) >= 11 is 4.01. The number of amides is 1. The van der Waals surface area contributed by atoms with E-state index in [0.29, 0.717) is 18.7 Å². The van der Waals surface area contributed by atoms with Crippen LogP contribution in [0.5, 0.6) is 0 Å². The fourth-order valence-corrected chi connectivity index (χ4v) is 1.38. The largest absolute Gasteiger partial charge is 0.354 e. The highest BCUT2D eigenvalue weighted by Gasteiger charge is 2.12. The van der Waals surface area contributed by atoms with Crippen LogP contribution in [0.1, 0.15) is 5.56 Å². The Morgan fingerprint density at radius 1 is 1.40 bits per heavy atom. The molecule has 3 N–H and O–H groups in total. The van der Waals surface area contributed by atoms with E-state index in [2.05, 4.69) is 17.9 Å². The van der Waals surface area contributed by atoms with Crippen molar-refractivity contribution in [3.8, 4) is 0 Å². The highest BCUT2D eigenvalue weighted by atomic mass is 32.1. The number of nitrogens with two attached hydrogens (primary N) is 1. The molecule has 0 spiro atoms. The summed E-state index contributed by atoms with van der Waals surface area (Å²) in [6, 6.07) is 9.27. The minimum absolute atomic E-state index is 0.118. The van der Waals surface area contributed by atoms with Gasteiger partial charge in [-0.15, -0.1) is 0 Å². The summed E-state index contributed by atoms with van der Waals surface area (Å²) in [5.41, 5.74) is 6.83. The third-order valence-electron chi connectivity index (χ3n) is 2.05. The van der Waals surface area contributed by atoms with Gasteiger partial charge < -0.3 is 11.1 Å². The van der Waals surface area contributed by atoms with E-state index in [4.69, 9.17) is 5.73 Å².